The Morgan fingerprint density at radius 3 is 2.62 bits per heavy atom. The molecule has 1 N–H and O–H groups in total. The molecule has 2 rings (SSSR count). The molecule has 84 valence electrons. The Morgan fingerprint density at radius 2 is 2.00 bits per heavy atom. The molecule has 0 saturated carbocycles. The van der Waals surface area contributed by atoms with E-state index in [0.29, 0.717) is 17.1 Å². The van der Waals surface area contributed by atoms with Gasteiger partial charge in [0.15, 0.2) is 17.3 Å². The Labute approximate surface area is 93.1 Å². The van der Waals surface area contributed by atoms with E-state index in [1.807, 2.05) is 0 Å². The summed E-state index contributed by atoms with van der Waals surface area (Å²) < 4.78 is 10.1. The standard InChI is InChI=1S/C12H12O4/c1-15-10-5-7-3-4-8(13)6-9(7)12(16-2)11(10)14/h3-5,14H,6H2,1-2H3. The number of fused-ring (bicyclic) bond motifs is 1. The van der Waals surface area contributed by atoms with E-state index in [2.05, 4.69) is 0 Å². The van der Waals surface area contributed by atoms with Crippen molar-refractivity contribution in [3.63, 3.8) is 0 Å². The van der Waals surface area contributed by atoms with Crippen LogP contribution in [-0.4, -0.2) is 25.1 Å². The zero-order valence-corrected chi connectivity index (χ0v) is 9.11. The molecular weight excluding hydrogens is 208 g/mol. The molecule has 0 aliphatic heterocycles. The number of phenols is 1. The molecule has 0 fully saturated rings. The second-order valence-electron chi connectivity index (χ2n) is 3.50. The van der Waals surface area contributed by atoms with Gasteiger partial charge in [-0.15, -0.1) is 0 Å². The van der Waals surface area contributed by atoms with Crippen molar-refractivity contribution in [3.8, 4) is 17.2 Å². The molecule has 1 aliphatic carbocycles. The topological polar surface area (TPSA) is 55.8 Å². The Bertz CT molecular complexity index is 474. The molecule has 4 heteroatoms. The molecule has 0 heterocycles. The molecule has 0 bridgehead atoms. The third-order valence-corrected chi connectivity index (χ3v) is 2.58. The van der Waals surface area contributed by atoms with Gasteiger partial charge in [-0.05, 0) is 17.7 Å². The lowest BCUT2D eigenvalue weighted by molar-refractivity contribution is -0.114. The van der Waals surface area contributed by atoms with Gasteiger partial charge in [0.25, 0.3) is 0 Å². The van der Waals surface area contributed by atoms with Crippen LogP contribution in [0.5, 0.6) is 17.2 Å². The lowest BCUT2D eigenvalue weighted by Gasteiger charge is -2.17. The van der Waals surface area contributed by atoms with E-state index in [0.717, 1.165) is 5.56 Å². The normalized spacial score (nSPS) is 13.5. The predicted molar refractivity (Wildman–Crippen MR) is 59.0 cm³/mol. The summed E-state index contributed by atoms with van der Waals surface area (Å²) in [5, 5.41) is 9.85. The van der Waals surface area contributed by atoms with Gasteiger partial charge >= 0.3 is 0 Å². The van der Waals surface area contributed by atoms with E-state index in [4.69, 9.17) is 9.47 Å². The average molecular weight is 220 g/mol. The highest BCUT2D eigenvalue weighted by molar-refractivity contribution is 5.99. The fourth-order valence-corrected chi connectivity index (χ4v) is 1.81. The Morgan fingerprint density at radius 1 is 1.25 bits per heavy atom. The van der Waals surface area contributed by atoms with E-state index in [-0.39, 0.29) is 18.0 Å². The highest BCUT2D eigenvalue weighted by Gasteiger charge is 2.21. The molecule has 0 unspecified atom stereocenters. The van der Waals surface area contributed by atoms with Crippen LogP contribution in [0, 0.1) is 0 Å². The van der Waals surface area contributed by atoms with Gasteiger partial charge in [-0.25, -0.2) is 0 Å². The Hall–Kier alpha value is -1.97. The number of methoxy groups -OCH3 is 2. The van der Waals surface area contributed by atoms with E-state index in [9.17, 15) is 9.90 Å². The van der Waals surface area contributed by atoms with Crippen molar-refractivity contribution >= 4 is 11.9 Å². The fourth-order valence-electron chi connectivity index (χ4n) is 1.81. The number of carbonyl (C=O) groups excluding carboxylic acids is 1. The summed E-state index contributed by atoms with van der Waals surface area (Å²) in [5.41, 5.74) is 1.54. The second kappa shape index (κ2) is 3.89. The van der Waals surface area contributed by atoms with Crippen molar-refractivity contribution in [1.82, 2.24) is 0 Å². The van der Waals surface area contributed by atoms with Gasteiger partial charge in [0.05, 0.1) is 14.2 Å². The highest BCUT2D eigenvalue weighted by Crippen LogP contribution is 2.42. The predicted octanol–water partition coefficient (Wildman–Crippen LogP) is 1.55. The van der Waals surface area contributed by atoms with Gasteiger partial charge in [0.2, 0.25) is 5.75 Å². The fraction of sp³-hybridized carbons (Fsp3) is 0.250. The monoisotopic (exact) mass is 220 g/mol. The van der Waals surface area contributed by atoms with Crippen LogP contribution in [0.3, 0.4) is 0 Å². The van der Waals surface area contributed by atoms with E-state index in [1.165, 1.54) is 20.3 Å². The maximum Gasteiger partial charge on any atom is 0.201 e. The van der Waals surface area contributed by atoms with E-state index in [1.54, 1.807) is 12.1 Å². The third kappa shape index (κ3) is 1.52. The first kappa shape index (κ1) is 10.5. The van der Waals surface area contributed by atoms with Crippen LogP contribution in [0.2, 0.25) is 0 Å². The number of ether oxygens (including phenoxy) is 2. The van der Waals surface area contributed by atoms with Crippen LogP contribution < -0.4 is 9.47 Å². The molecule has 0 amide bonds. The minimum Gasteiger partial charge on any atom is -0.502 e. The number of benzene rings is 1. The van der Waals surface area contributed by atoms with Crippen LogP contribution in [0.4, 0.5) is 0 Å². The smallest absolute Gasteiger partial charge is 0.201 e. The number of allylic oxidation sites excluding steroid dienone is 1. The van der Waals surface area contributed by atoms with Crippen LogP contribution in [-0.2, 0) is 11.2 Å². The molecule has 1 aliphatic rings. The van der Waals surface area contributed by atoms with Gasteiger partial charge in [-0.2, -0.15) is 0 Å². The van der Waals surface area contributed by atoms with Crippen LogP contribution in [0.25, 0.3) is 6.08 Å². The maximum atomic E-state index is 11.3. The summed E-state index contributed by atoms with van der Waals surface area (Å²) in [6, 6.07) is 1.69. The quantitative estimate of drug-likeness (QED) is 0.821. The van der Waals surface area contributed by atoms with Crippen LogP contribution in [0.15, 0.2) is 12.1 Å². The molecular formula is C12H12O4. The summed E-state index contributed by atoms with van der Waals surface area (Å²) in [6.07, 6.45) is 3.45. The maximum absolute atomic E-state index is 11.3. The lowest BCUT2D eigenvalue weighted by Crippen LogP contribution is -2.08. The summed E-state index contributed by atoms with van der Waals surface area (Å²) >= 11 is 0. The van der Waals surface area contributed by atoms with Crippen molar-refractivity contribution in [1.29, 1.82) is 0 Å². The summed E-state index contributed by atoms with van der Waals surface area (Å²) in [6.45, 7) is 0. The Kier molecular flexibility index (Phi) is 2.56. The van der Waals surface area contributed by atoms with Gasteiger partial charge in [0, 0.05) is 12.0 Å². The van der Waals surface area contributed by atoms with Crippen molar-refractivity contribution in [2.75, 3.05) is 14.2 Å². The third-order valence-electron chi connectivity index (χ3n) is 2.58. The number of hydrogen-bond acceptors (Lipinski definition) is 4. The second-order valence-corrected chi connectivity index (χ2v) is 3.50. The molecule has 1 aromatic carbocycles. The zero-order valence-electron chi connectivity index (χ0n) is 9.11. The summed E-state index contributed by atoms with van der Waals surface area (Å²) in [5.74, 6) is 0.587. The number of hydrogen-bond donors (Lipinski definition) is 1. The molecule has 16 heavy (non-hydrogen) atoms. The highest BCUT2D eigenvalue weighted by atomic mass is 16.5. The SMILES string of the molecule is COc1cc2c(c(OC)c1O)CC(=O)C=C2. The first-order valence-corrected chi connectivity index (χ1v) is 4.85. The molecule has 0 spiro atoms. The van der Waals surface area contributed by atoms with Gasteiger partial charge < -0.3 is 14.6 Å². The Balaban J connectivity index is 2.67. The molecule has 1 aromatic rings. The zero-order chi connectivity index (χ0) is 11.7. The minimum absolute atomic E-state index is 0.00429. The van der Waals surface area contributed by atoms with Gasteiger partial charge in [-0.3, -0.25) is 4.79 Å². The lowest BCUT2D eigenvalue weighted by atomic mass is 9.95. The largest absolute Gasteiger partial charge is 0.502 e. The molecule has 0 aromatic heterocycles. The number of rotatable bonds is 2. The number of ketones is 1. The number of carbonyl (C=O) groups is 1. The first-order valence-electron chi connectivity index (χ1n) is 4.85. The van der Waals surface area contributed by atoms with Gasteiger partial charge in [-0.1, -0.05) is 6.08 Å². The average Bonchev–Trinajstić information content (AvgIpc) is 2.28. The van der Waals surface area contributed by atoms with Gasteiger partial charge in [0.1, 0.15) is 0 Å². The number of phenolic OH excluding ortho intramolecular Hbond substituents is 1. The van der Waals surface area contributed by atoms with Crippen LogP contribution >= 0.6 is 0 Å². The molecule has 0 atom stereocenters. The molecule has 0 saturated heterocycles. The van der Waals surface area contributed by atoms with Crippen molar-refractivity contribution in [2.24, 2.45) is 0 Å². The van der Waals surface area contributed by atoms with Crippen LogP contribution in [0.1, 0.15) is 11.1 Å². The summed E-state index contributed by atoms with van der Waals surface area (Å²) in [4.78, 5) is 11.3. The minimum atomic E-state index is -0.0631. The summed E-state index contributed by atoms with van der Waals surface area (Å²) in [7, 11) is 2.93. The van der Waals surface area contributed by atoms with Crippen molar-refractivity contribution in [3.05, 3.63) is 23.3 Å². The van der Waals surface area contributed by atoms with Crippen molar-refractivity contribution < 1.29 is 19.4 Å². The molecule has 0 radical (unpaired) electrons. The van der Waals surface area contributed by atoms with Crippen molar-refractivity contribution in [2.45, 2.75) is 6.42 Å². The molecule has 4 nitrogen and oxygen atoms in total. The van der Waals surface area contributed by atoms with E-state index < -0.39 is 0 Å². The van der Waals surface area contributed by atoms with E-state index >= 15 is 0 Å². The first-order chi connectivity index (χ1) is 7.67. The number of aromatic hydroxyl groups is 1.